The topological polar surface area (TPSA) is 78.3 Å². The lowest BCUT2D eigenvalue weighted by Crippen LogP contribution is -2.45. The van der Waals surface area contributed by atoms with E-state index < -0.39 is 0 Å². The Balaban J connectivity index is 1.71. The van der Waals surface area contributed by atoms with E-state index in [2.05, 4.69) is 10.3 Å². The number of hydrogen-bond donors (Lipinski definition) is 3. The number of nitrogens with one attached hydrogen (secondary N) is 2. The molecule has 6 heteroatoms. The van der Waals surface area contributed by atoms with E-state index in [0.29, 0.717) is 22.5 Å². The van der Waals surface area contributed by atoms with E-state index in [0.717, 1.165) is 31.2 Å². The lowest BCUT2D eigenvalue weighted by molar-refractivity contribution is 0.00190. The molecule has 1 heterocycles. The summed E-state index contributed by atoms with van der Waals surface area (Å²) in [7, 11) is 0. The first-order valence-electron chi connectivity index (χ1n) is 7.57. The van der Waals surface area contributed by atoms with Gasteiger partial charge in [0.05, 0.1) is 11.6 Å². The highest BCUT2D eigenvalue weighted by atomic mass is 32.1. The third kappa shape index (κ3) is 2.94. The Kier molecular flexibility index (Phi) is 4.06. The second kappa shape index (κ2) is 5.85. The summed E-state index contributed by atoms with van der Waals surface area (Å²) in [4.78, 5) is 15.5. The standard InChI is InChI=1S/C16H20N2O3S/c1-16(7-3-2-4-13(16)19)9-17-14(20)10-5-6-11-12(8-10)21-15(22)18-11/h5-6,8,13,19H,2-4,7,9H2,1H3,(H,17,20)(H,18,22). The number of aliphatic hydroxyl groups is 1. The summed E-state index contributed by atoms with van der Waals surface area (Å²) in [5.41, 5.74) is 1.63. The Bertz CT molecular complexity index is 751. The summed E-state index contributed by atoms with van der Waals surface area (Å²) in [6, 6.07) is 5.19. The molecule has 1 aliphatic rings. The average molecular weight is 320 g/mol. The summed E-state index contributed by atoms with van der Waals surface area (Å²) in [5, 5.41) is 13.1. The predicted octanol–water partition coefficient (Wildman–Crippen LogP) is 3.16. The van der Waals surface area contributed by atoms with Crippen molar-refractivity contribution in [2.75, 3.05) is 6.54 Å². The highest BCUT2D eigenvalue weighted by molar-refractivity contribution is 7.71. The van der Waals surface area contributed by atoms with E-state index in [1.165, 1.54) is 0 Å². The maximum atomic E-state index is 12.3. The zero-order chi connectivity index (χ0) is 15.7. The third-order valence-electron chi connectivity index (χ3n) is 4.62. The molecule has 0 aliphatic heterocycles. The predicted molar refractivity (Wildman–Crippen MR) is 86.3 cm³/mol. The molecule has 118 valence electrons. The van der Waals surface area contributed by atoms with Gasteiger partial charge in [0.1, 0.15) is 0 Å². The molecule has 1 aromatic heterocycles. The molecule has 2 atom stereocenters. The van der Waals surface area contributed by atoms with Gasteiger partial charge in [0.2, 0.25) is 0 Å². The van der Waals surface area contributed by atoms with Gasteiger partial charge in [-0.25, -0.2) is 0 Å². The number of rotatable bonds is 3. The SMILES string of the molecule is CC1(CNC(=O)c2ccc3[nH]c(=S)oc3c2)CCCCC1O. The molecule has 1 fully saturated rings. The van der Waals surface area contributed by atoms with Crippen LogP contribution in [0.5, 0.6) is 0 Å². The van der Waals surface area contributed by atoms with E-state index in [4.69, 9.17) is 16.6 Å². The maximum absolute atomic E-state index is 12.3. The summed E-state index contributed by atoms with van der Waals surface area (Å²) in [5.74, 6) is -0.164. The number of benzene rings is 1. The molecule has 1 amide bonds. The number of fused-ring (bicyclic) bond motifs is 1. The van der Waals surface area contributed by atoms with E-state index >= 15 is 0 Å². The first-order valence-corrected chi connectivity index (χ1v) is 7.98. The number of aliphatic hydroxyl groups excluding tert-OH is 1. The molecule has 2 unspecified atom stereocenters. The molecule has 22 heavy (non-hydrogen) atoms. The van der Waals surface area contributed by atoms with Gasteiger partial charge in [0.25, 0.3) is 10.7 Å². The van der Waals surface area contributed by atoms with Crippen LogP contribution >= 0.6 is 12.2 Å². The lowest BCUT2D eigenvalue weighted by atomic mass is 9.73. The quantitative estimate of drug-likeness (QED) is 0.759. The van der Waals surface area contributed by atoms with Crippen LogP contribution in [0.25, 0.3) is 11.1 Å². The number of aromatic amines is 1. The van der Waals surface area contributed by atoms with Gasteiger partial charge in [0.15, 0.2) is 5.58 Å². The molecular formula is C16H20N2O3S. The Hall–Kier alpha value is -1.66. The van der Waals surface area contributed by atoms with Gasteiger partial charge in [-0.2, -0.15) is 0 Å². The van der Waals surface area contributed by atoms with Crippen molar-refractivity contribution in [3.8, 4) is 0 Å². The van der Waals surface area contributed by atoms with Crippen molar-refractivity contribution in [3.63, 3.8) is 0 Å². The van der Waals surface area contributed by atoms with Crippen LogP contribution in [0.1, 0.15) is 43.0 Å². The van der Waals surface area contributed by atoms with Gasteiger partial charge in [-0.05, 0) is 43.3 Å². The molecule has 2 aromatic rings. The molecule has 0 radical (unpaired) electrons. The van der Waals surface area contributed by atoms with Crippen LogP contribution in [0.15, 0.2) is 22.6 Å². The Morgan fingerprint density at radius 2 is 2.36 bits per heavy atom. The van der Waals surface area contributed by atoms with Crippen molar-refractivity contribution in [2.24, 2.45) is 5.41 Å². The number of hydrogen-bond acceptors (Lipinski definition) is 4. The first kappa shape index (κ1) is 15.2. The van der Waals surface area contributed by atoms with E-state index in [1.54, 1.807) is 18.2 Å². The van der Waals surface area contributed by atoms with Crippen molar-refractivity contribution in [3.05, 3.63) is 28.6 Å². The lowest BCUT2D eigenvalue weighted by Gasteiger charge is -2.38. The zero-order valence-corrected chi connectivity index (χ0v) is 13.3. The number of aromatic nitrogens is 1. The number of H-pyrrole nitrogens is 1. The molecular weight excluding hydrogens is 300 g/mol. The van der Waals surface area contributed by atoms with Gasteiger partial charge in [-0.15, -0.1) is 0 Å². The van der Waals surface area contributed by atoms with Gasteiger partial charge >= 0.3 is 0 Å². The third-order valence-corrected chi connectivity index (χ3v) is 4.80. The summed E-state index contributed by atoms with van der Waals surface area (Å²) >= 11 is 4.94. The molecule has 0 bridgehead atoms. The highest BCUT2D eigenvalue weighted by Crippen LogP contribution is 2.35. The van der Waals surface area contributed by atoms with Crippen LogP contribution in [-0.2, 0) is 0 Å². The van der Waals surface area contributed by atoms with Crippen LogP contribution < -0.4 is 5.32 Å². The molecule has 0 saturated heterocycles. The summed E-state index contributed by atoms with van der Waals surface area (Å²) in [6.45, 7) is 2.51. The molecule has 1 saturated carbocycles. The van der Waals surface area contributed by atoms with E-state index in [1.807, 2.05) is 6.92 Å². The fourth-order valence-electron chi connectivity index (χ4n) is 3.06. The van der Waals surface area contributed by atoms with Crippen LogP contribution in [-0.4, -0.2) is 28.6 Å². The van der Waals surface area contributed by atoms with Crippen LogP contribution in [0.3, 0.4) is 0 Å². The fraction of sp³-hybridized carbons (Fsp3) is 0.500. The van der Waals surface area contributed by atoms with Crippen molar-refractivity contribution in [1.82, 2.24) is 10.3 Å². The second-order valence-electron chi connectivity index (χ2n) is 6.32. The Morgan fingerprint density at radius 1 is 1.55 bits per heavy atom. The summed E-state index contributed by atoms with van der Waals surface area (Å²) in [6.07, 6.45) is 3.53. The van der Waals surface area contributed by atoms with Gasteiger partial charge in [-0.3, -0.25) is 4.79 Å². The van der Waals surface area contributed by atoms with Crippen LogP contribution in [0.4, 0.5) is 0 Å². The highest BCUT2D eigenvalue weighted by Gasteiger charge is 2.35. The minimum absolute atomic E-state index is 0.164. The van der Waals surface area contributed by atoms with Crippen LogP contribution in [0.2, 0.25) is 0 Å². The number of amides is 1. The van der Waals surface area contributed by atoms with Gasteiger partial charge in [-0.1, -0.05) is 19.8 Å². The van der Waals surface area contributed by atoms with Crippen molar-refractivity contribution in [2.45, 2.75) is 38.7 Å². The molecule has 1 aliphatic carbocycles. The normalized spacial score (nSPS) is 25.3. The number of oxazole rings is 1. The zero-order valence-electron chi connectivity index (χ0n) is 12.5. The Morgan fingerprint density at radius 3 is 3.14 bits per heavy atom. The number of carbonyl (C=O) groups is 1. The molecule has 1 aromatic carbocycles. The Labute approximate surface area is 133 Å². The molecule has 0 spiro atoms. The fourth-order valence-corrected chi connectivity index (χ4v) is 3.26. The largest absolute Gasteiger partial charge is 0.429 e. The summed E-state index contributed by atoms with van der Waals surface area (Å²) < 4.78 is 5.33. The van der Waals surface area contributed by atoms with E-state index in [-0.39, 0.29) is 17.4 Å². The van der Waals surface area contributed by atoms with Gasteiger partial charge in [0, 0.05) is 17.5 Å². The van der Waals surface area contributed by atoms with E-state index in [9.17, 15) is 9.90 Å². The smallest absolute Gasteiger partial charge is 0.266 e. The molecule has 3 rings (SSSR count). The monoisotopic (exact) mass is 320 g/mol. The van der Waals surface area contributed by atoms with Crippen molar-refractivity contribution < 1.29 is 14.3 Å². The minimum atomic E-state index is -0.355. The average Bonchev–Trinajstić information content (AvgIpc) is 2.87. The van der Waals surface area contributed by atoms with Gasteiger partial charge < -0.3 is 19.8 Å². The number of carbonyl (C=O) groups excluding carboxylic acids is 1. The minimum Gasteiger partial charge on any atom is -0.429 e. The maximum Gasteiger partial charge on any atom is 0.266 e. The molecule has 5 nitrogen and oxygen atoms in total. The van der Waals surface area contributed by atoms with Crippen molar-refractivity contribution >= 4 is 29.2 Å². The second-order valence-corrected chi connectivity index (χ2v) is 6.69. The first-order chi connectivity index (χ1) is 10.5. The van der Waals surface area contributed by atoms with Crippen LogP contribution in [0, 0.1) is 10.3 Å². The molecule has 3 N–H and O–H groups in total. The van der Waals surface area contributed by atoms with Crippen molar-refractivity contribution in [1.29, 1.82) is 0 Å².